The van der Waals surface area contributed by atoms with Crippen molar-refractivity contribution in [2.45, 2.75) is 71.0 Å². The molecule has 0 aliphatic heterocycles. The van der Waals surface area contributed by atoms with E-state index in [1.807, 2.05) is 84.0 Å². The Bertz CT molecular complexity index is 1840. The molecule has 0 fully saturated rings. The Hall–Kier alpha value is -3.85. The Morgan fingerprint density at radius 3 is 2.02 bits per heavy atom. The second kappa shape index (κ2) is 14.9. The fourth-order valence-corrected chi connectivity index (χ4v) is 7.08. The van der Waals surface area contributed by atoms with Crippen molar-refractivity contribution in [1.29, 1.82) is 0 Å². The zero-order chi connectivity index (χ0) is 34.5. The summed E-state index contributed by atoms with van der Waals surface area (Å²) in [6.45, 7) is 10.6. The van der Waals surface area contributed by atoms with Gasteiger partial charge in [0.1, 0.15) is 12.6 Å². The minimum atomic E-state index is -4.21. The number of nitrogens with zero attached hydrogens (tertiary/aromatic N) is 2. The summed E-state index contributed by atoms with van der Waals surface area (Å²) in [5.41, 5.74) is 3.80. The zero-order valence-corrected chi connectivity index (χ0v) is 29.9. The lowest BCUT2D eigenvalue weighted by Gasteiger charge is -2.35. The Kier molecular flexibility index (Phi) is 11.4. The highest BCUT2D eigenvalue weighted by atomic mass is 35.5. The second-order valence-electron chi connectivity index (χ2n) is 12.8. The molecule has 0 aliphatic carbocycles. The maximum absolute atomic E-state index is 14.7. The first-order chi connectivity index (χ1) is 22.0. The molecule has 4 rings (SSSR count). The quantitative estimate of drug-likeness (QED) is 0.175. The van der Waals surface area contributed by atoms with Crippen LogP contribution in [-0.2, 0) is 32.6 Å². The predicted molar refractivity (Wildman–Crippen MR) is 190 cm³/mol. The molecular formula is C37H41Cl2N3O4S. The summed E-state index contributed by atoms with van der Waals surface area (Å²) < 4.78 is 29.7. The third-order valence-electron chi connectivity index (χ3n) is 7.62. The zero-order valence-electron chi connectivity index (χ0n) is 27.6. The molecule has 0 spiro atoms. The number of anilines is 1. The van der Waals surface area contributed by atoms with Crippen LogP contribution in [-0.4, -0.2) is 43.3 Å². The van der Waals surface area contributed by atoms with Crippen LogP contribution < -0.4 is 9.62 Å². The number of aryl methyl sites for hydroxylation is 3. The van der Waals surface area contributed by atoms with E-state index in [1.54, 1.807) is 36.4 Å². The van der Waals surface area contributed by atoms with Crippen LogP contribution in [0.5, 0.6) is 0 Å². The number of benzene rings is 4. The number of sulfonamides is 1. The average Bonchev–Trinajstić information content (AvgIpc) is 2.99. The molecule has 248 valence electrons. The van der Waals surface area contributed by atoms with Crippen LogP contribution in [0.2, 0.25) is 10.0 Å². The molecule has 7 nitrogen and oxygen atoms in total. The van der Waals surface area contributed by atoms with E-state index in [4.69, 9.17) is 23.2 Å². The van der Waals surface area contributed by atoms with Crippen molar-refractivity contribution in [3.8, 4) is 0 Å². The first-order valence-corrected chi connectivity index (χ1v) is 17.5. The van der Waals surface area contributed by atoms with E-state index in [-0.39, 0.29) is 23.8 Å². The first-order valence-electron chi connectivity index (χ1n) is 15.3. The van der Waals surface area contributed by atoms with E-state index in [2.05, 4.69) is 5.32 Å². The molecule has 1 N–H and O–H groups in total. The molecule has 47 heavy (non-hydrogen) atoms. The number of hydrogen-bond donors (Lipinski definition) is 1. The summed E-state index contributed by atoms with van der Waals surface area (Å²) in [6, 6.07) is 25.3. The Morgan fingerprint density at radius 2 is 1.43 bits per heavy atom. The molecular weight excluding hydrogens is 653 g/mol. The second-order valence-corrected chi connectivity index (χ2v) is 15.5. The number of carbonyl (C=O) groups is 2. The summed E-state index contributed by atoms with van der Waals surface area (Å²) in [6.07, 6.45) is 0.198. The van der Waals surface area contributed by atoms with E-state index in [0.717, 1.165) is 21.0 Å². The average molecular weight is 695 g/mol. The fourth-order valence-electron chi connectivity index (χ4n) is 5.28. The van der Waals surface area contributed by atoms with E-state index in [9.17, 15) is 18.0 Å². The molecule has 2 amide bonds. The van der Waals surface area contributed by atoms with Crippen molar-refractivity contribution < 1.29 is 18.0 Å². The molecule has 0 aromatic heterocycles. The van der Waals surface area contributed by atoms with Gasteiger partial charge in [-0.1, -0.05) is 95.0 Å². The monoisotopic (exact) mass is 693 g/mol. The Labute approximate surface area is 288 Å². The number of nitrogens with one attached hydrogen (secondary N) is 1. The van der Waals surface area contributed by atoms with Gasteiger partial charge in [-0.05, 0) is 88.6 Å². The van der Waals surface area contributed by atoms with Gasteiger partial charge in [0.05, 0.1) is 20.6 Å². The number of carbonyl (C=O) groups excluding carboxylic acids is 2. The molecule has 0 unspecified atom stereocenters. The molecule has 0 saturated heterocycles. The van der Waals surface area contributed by atoms with Crippen molar-refractivity contribution in [1.82, 2.24) is 10.2 Å². The highest BCUT2D eigenvalue weighted by Gasteiger charge is 2.36. The van der Waals surface area contributed by atoms with E-state index in [1.165, 1.54) is 17.0 Å². The third kappa shape index (κ3) is 9.37. The predicted octanol–water partition coefficient (Wildman–Crippen LogP) is 7.67. The smallest absolute Gasteiger partial charge is 0.264 e. The number of hydrogen-bond acceptors (Lipinski definition) is 4. The Balaban J connectivity index is 1.86. The van der Waals surface area contributed by atoms with Crippen LogP contribution in [0.1, 0.15) is 48.6 Å². The minimum Gasteiger partial charge on any atom is -0.350 e. The molecule has 0 aliphatic rings. The highest BCUT2D eigenvalue weighted by molar-refractivity contribution is 7.92. The van der Waals surface area contributed by atoms with E-state index in [0.29, 0.717) is 26.9 Å². The lowest BCUT2D eigenvalue weighted by Crippen LogP contribution is -2.56. The Morgan fingerprint density at radius 1 is 0.787 bits per heavy atom. The van der Waals surface area contributed by atoms with Gasteiger partial charge in [0.15, 0.2) is 0 Å². The number of amides is 2. The summed E-state index contributed by atoms with van der Waals surface area (Å²) >= 11 is 12.6. The normalized spacial score (nSPS) is 12.3. The summed E-state index contributed by atoms with van der Waals surface area (Å²) in [5.74, 6) is -0.925. The lowest BCUT2D eigenvalue weighted by atomic mass is 10.0. The van der Waals surface area contributed by atoms with E-state index >= 15 is 0 Å². The van der Waals surface area contributed by atoms with Gasteiger partial charge in [-0.2, -0.15) is 0 Å². The number of rotatable bonds is 11. The van der Waals surface area contributed by atoms with Crippen molar-refractivity contribution in [3.63, 3.8) is 0 Å². The molecule has 0 radical (unpaired) electrons. The molecule has 10 heteroatoms. The van der Waals surface area contributed by atoms with Crippen molar-refractivity contribution in [2.24, 2.45) is 0 Å². The van der Waals surface area contributed by atoms with Gasteiger partial charge in [0, 0.05) is 18.5 Å². The van der Waals surface area contributed by atoms with Crippen LogP contribution >= 0.6 is 23.2 Å². The van der Waals surface area contributed by atoms with Gasteiger partial charge in [0.25, 0.3) is 10.0 Å². The van der Waals surface area contributed by atoms with Crippen molar-refractivity contribution in [3.05, 3.63) is 129 Å². The molecule has 4 aromatic carbocycles. The molecule has 0 bridgehead atoms. The molecule has 0 saturated carbocycles. The van der Waals surface area contributed by atoms with Crippen LogP contribution in [0.3, 0.4) is 0 Å². The standard InChI is InChI=1S/C37H41Cl2N3O4S/c1-25-12-16-30(17-13-25)47(45,46)42(33-19-14-26(2)20-27(33)3)24-35(43)41(23-29-15-18-31(38)32(39)21-29)34(36(44)40-37(4,5)6)22-28-10-8-7-9-11-28/h7-21,34H,22-24H2,1-6H3,(H,40,44)/t34-/m1/s1. The molecule has 1 atom stereocenters. The third-order valence-corrected chi connectivity index (χ3v) is 10.1. The van der Waals surface area contributed by atoms with Crippen LogP contribution in [0.4, 0.5) is 5.69 Å². The van der Waals surface area contributed by atoms with Gasteiger partial charge >= 0.3 is 0 Å². The van der Waals surface area contributed by atoms with Crippen LogP contribution in [0, 0.1) is 20.8 Å². The summed E-state index contributed by atoms with van der Waals surface area (Å²) in [7, 11) is -4.21. The van der Waals surface area contributed by atoms with Crippen LogP contribution in [0.25, 0.3) is 0 Å². The minimum absolute atomic E-state index is 0.0178. The molecule has 4 aromatic rings. The SMILES string of the molecule is Cc1ccc(S(=O)(=O)N(CC(=O)N(Cc2ccc(Cl)c(Cl)c2)[C@H](Cc2ccccc2)C(=O)NC(C)(C)C)c2ccc(C)cc2C)cc1. The summed E-state index contributed by atoms with van der Waals surface area (Å²) in [4.78, 5) is 30.2. The van der Waals surface area contributed by atoms with Gasteiger partial charge in [0.2, 0.25) is 11.8 Å². The first kappa shape index (κ1) is 36.0. The van der Waals surface area contributed by atoms with Gasteiger partial charge in [-0.25, -0.2) is 8.42 Å². The van der Waals surface area contributed by atoms with Crippen molar-refractivity contribution >= 4 is 50.7 Å². The van der Waals surface area contributed by atoms with Gasteiger partial charge in [-0.15, -0.1) is 0 Å². The largest absolute Gasteiger partial charge is 0.350 e. The van der Waals surface area contributed by atoms with Gasteiger partial charge in [-0.3, -0.25) is 13.9 Å². The topological polar surface area (TPSA) is 86.8 Å². The molecule has 0 heterocycles. The lowest BCUT2D eigenvalue weighted by molar-refractivity contribution is -0.140. The van der Waals surface area contributed by atoms with Crippen LogP contribution in [0.15, 0.2) is 95.9 Å². The van der Waals surface area contributed by atoms with Crippen molar-refractivity contribution in [2.75, 3.05) is 10.8 Å². The maximum Gasteiger partial charge on any atom is 0.264 e. The highest BCUT2D eigenvalue weighted by Crippen LogP contribution is 2.29. The van der Waals surface area contributed by atoms with Gasteiger partial charge < -0.3 is 10.2 Å². The number of halogens is 2. The fraction of sp³-hybridized carbons (Fsp3) is 0.297. The van der Waals surface area contributed by atoms with E-state index < -0.39 is 34.1 Å². The maximum atomic E-state index is 14.7. The summed E-state index contributed by atoms with van der Waals surface area (Å²) in [5, 5.41) is 3.68.